The second kappa shape index (κ2) is 7.43. The van der Waals surface area contributed by atoms with Gasteiger partial charge in [-0.1, -0.05) is 35.3 Å². The fourth-order valence-electron chi connectivity index (χ4n) is 2.04. The fourth-order valence-corrected chi connectivity index (χ4v) is 2.54. The van der Waals surface area contributed by atoms with Gasteiger partial charge in [0.1, 0.15) is 5.75 Å². The first-order valence-corrected chi connectivity index (χ1v) is 7.56. The van der Waals surface area contributed by atoms with Crippen LogP contribution in [0.25, 0.3) is 0 Å². The van der Waals surface area contributed by atoms with Crippen LogP contribution >= 0.6 is 23.2 Å². The number of para-hydroxylation sites is 1. The van der Waals surface area contributed by atoms with E-state index in [2.05, 4.69) is 5.32 Å². The molecule has 3 nitrogen and oxygen atoms in total. The Morgan fingerprint density at radius 3 is 2.71 bits per heavy atom. The van der Waals surface area contributed by atoms with Gasteiger partial charge in [-0.05, 0) is 43.2 Å². The summed E-state index contributed by atoms with van der Waals surface area (Å²) >= 11 is 12.0. The van der Waals surface area contributed by atoms with Gasteiger partial charge in [0.15, 0.2) is 0 Å². The Kier molecular flexibility index (Phi) is 5.59. The predicted octanol–water partition coefficient (Wildman–Crippen LogP) is 4.63. The van der Waals surface area contributed by atoms with E-state index >= 15 is 0 Å². The molecule has 0 aromatic heterocycles. The molecule has 3 N–H and O–H groups in total. The Morgan fingerprint density at radius 1 is 1.19 bits per heavy atom. The number of nitrogens with one attached hydrogen (secondary N) is 1. The maximum atomic E-state index is 6.15. The molecule has 0 aliphatic rings. The van der Waals surface area contributed by atoms with E-state index in [1.807, 2.05) is 37.3 Å². The average molecular weight is 325 g/mol. The predicted molar refractivity (Wildman–Crippen MR) is 90.7 cm³/mol. The number of rotatable bonds is 6. The third-order valence-electron chi connectivity index (χ3n) is 3.09. The Bertz CT molecular complexity index is 617. The molecule has 0 amide bonds. The van der Waals surface area contributed by atoms with Gasteiger partial charge >= 0.3 is 0 Å². The number of ether oxygens (including phenoxy) is 1. The van der Waals surface area contributed by atoms with E-state index in [1.54, 1.807) is 6.07 Å². The van der Waals surface area contributed by atoms with Crippen LogP contribution in [0.2, 0.25) is 10.0 Å². The molecule has 0 unspecified atom stereocenters. The first-order chi connectivity index (χ1) is 10.1. The van der Waals surface area contributed by atoms with Gasteiger partial charge in [0.05, 0.1) is 18.0 Å². The van der Waals surface area contributed by atoms with Crippen LogP contribution in [-0.2, 0) is 6.42 Å². The second-order valence-electron chi connectivity index (χ2n) is 4.56. The lowest BCUT2D eigenvalue weighted by atomic mass is 10.1. The van der Waals surface area contributed by atoms with Crippen molar-refractivity contribution in [1.82, 2.24) is 0 Å². The van der Waals surface area contributed by atoms with Gasteiger partial charge in [-0.25, -0.2) is 0 Å². The standard InChI is InChI=1S/C16H18Cl2N2O/c1-2-21-15-5-3-4-14(16(15)19)20-9-8-11-6-7-12(17)10-13(11)18/h3-7,10,20H,2,8-9,19H2,1H3. The number of hydrogen-bond acceptors (Lipinski definition) is 3. The number of benzene rings is 2. The highest BCUT2D eigenvalue weighted by molar-refractivity contribution is 6.35. The Morgan fingerprint density at radius 2 is 2.00 bits per heavy atom. The molecular weight excluding hydrogens is 307 g/mol. The molecule has 0 aliphatic heterocycles. The summed E-state index contributed by atoms with van der Waals surface area (Å²) in [5.74, 6) is 0.701. The maximum absolute atomic E-state index is 6.15. The molecule has 0 heterocycles. The van der Waals surface area contributed by atoms with E-state index in [9.17, 15) is 0 Å². The van der Waals surface area contributed by atoms with Gasteiger partial charge < -0.3 is 15.8 Å². The minimum absolute atomic E-state index is 0.591. The van der Waals surface area contributed by atoms with Gasteiger partial charge in [0.2, 0.25) is 0 Å². The van der Waals surface area contributed by atoms with Crippen molar-refractivity contribution >= 4 is 34.6 Å². The molecule has 0 fully saturated rings. The van der Waals surface area contributed by atoms with Crippen molar-refractivity contribution in [3.8, 4) is 5.75 Å². The van der Waals surface area contributed by atoms with Gasteiger partial charge in [0, 0.05) is 16.6 Å². The molecule has 0 radical (unpaired) electrons. The van der Waals surface area contributed by atoms with E-state index in [0.29, 0.717) is 28.1 Å². The average Bonchev–Trinajstić information content (AvgIpc) is 2.45. The van der Waals surface area contributed by atoms with Crippen molar-refractivity contribution in [2.75, 3.05) is 24.2 Å². The van der Waals surface area contributed by atoms with E-state index < -0.39 is 0 Å². The highest BCUT2D eigenvalue weighted by Gasteiger charge is 2.06. The van der Waals surface area contributed by atoms with E-state index in [1.165, 1.54) is 0 Å². The normalized spacial score (nSPS) is 10.4. The highest BCUT2D eigenvalue weighted by Crippen LogP contribution is 2.29. The van der Waals surface area contributed by atoms with Crippen molar-refractivity contribution < 1.29 is 4.74 Å². The minimum Gasteiger partial charge on any atom is -0.492 e. The summed E-state index contributed by atoms with van der Waals surface area (Å²) < 4.78 is 5.47. The number of nitrogens with two attached hydrogens (primary N) is 1. The maximum Gasteiger partial charge on any atom is 0.144 e. The Hall–Kier alpha value is -1.58. The van der Waals surface area contributed by atoms with E-state index in [4.69, 9.17) is 33.7 Å². The lowest BCUT2D eigenvalue weighted by Crippen LogP contribution is -2.08. The molecule has 0 spiro atoms. The van der Waals surface area contributed by atoms with Crippen LogP contribution in [-0.4, -0.2) is 13.2 Å². The fraction of sp³-hybridized carbons (Fsp3) is 0.250. The van der Waals surface area contributed by atoms with Gasteiger partial charge in [-0.2, -0.15) is 0 Å². The van der Waals surface area contributed by atoms with Crippen LogP contribution in [0.1, 0.15) is 12.5 Å². The van der Waals surface area contributed by atoms with Crippen molar-refractivity contribution in [3.63, 3.8) is 0 Å². The zero-order valence-electron chi connectivity index (χ0n) is 11.8. The van der Waals surface area contributed by atoms with Crippen LogP contribution in [0.4, 0.5) is 11.4 Å². The molecular formula is C16H18Cl2N2O. The molecule has 0 bridgehead atoms. The zero-order valence-corrected chi connectivity index (χ0v) is 13.3. The summed E-state index contributed by atoms with van der Waals surface area (Å²) in [6.45, 7) is 3.25. The second-order valence-corrected chi connectivity index (χ2v) is 5.41. The zero-order chi connectivity index (χ0) is 15.2. The smallest absolute Gasteiger partial charge is 0.144 e. The molecule has 5 heteroatoms. The third-order valence-corrected chi connectivity index (χ3v) is 3.68. The van der Waals surface area contributed by atoms with Crippen molar-refractivity contribution in [1.29, 1.82) is 0 Å². The van der Waals surface area contributed by atoms with Gasteiger partial charge in [0.25, 0.3) is 0 Å². The van der Waals surface area contributed by atoms with Crippen LogP contribution in [0.3, 0.4) is 0 Å². The summed E-state index contributed by atoms with van der Waals surface area (Å²) in [6.07, 6.45) is 0.786. The van der Waals surface area contributed by atoms with Crippen molar-refractivity contribution in [2.24, 2.45) is 0 Å². The first kappa shape index (κ1) is 15.8. The van der Waals surface area contributed by atoms with E-state index in [-0.39, 0.29) is 0 Å². The van der Waals surface area contributed by atoms with Crippen molar-refractivity contribution in [3.05, 3.63) is 52.0 Å². The Balaban J connectivity index is 1.99. The Labute approximate surface area is 135 Å². The molecule has 21 heavy (non-hydrogen) atoms. The number of anilines is 2. The minimum atomic E-state index is 0.591. The molecule has 2 rings (SSSR count). The van der Waals surface area contributed by atoms with Crippen molar-refractivity contribution in [2.45, 2.75) is 13.3 Å². The van der Waals surface area contributed by atoms with Gasteiger partial charge in [-0.3, -0.25) is 0 Å². The molecule has 112 valence electrons. The van der Waals surface area contributed by atoms with Gasteiger partial charge in [-0.15, -0.1) is 0 Å². The van der Waals surface area contributed by atoms with E-state index in [0.717, 1.165) is 24.2 Å². The topological polar surface area (TPSA) is 47.3 Å². The number of nitrogen functional groups attached to an aromatic ring is 1. The summed E-state index contributed by atoms with van der Waals surface area (Å²) in [7, 11) is 0. The molecule has 0 atom stereocenters. The highest BCUT2D eigenvalue weighted by atomic mass is 35.5. The molecule has 0 aliphatic carbocycles. The number of hydrogen-bond donors (Lipinski definition) is 2. The quantitative estimate of drug-likeness (QED) is 0.761. The summed E-state index contributed by atoms with van der Waals surface area (Å²) in [5.41, 5.74) is 8.61. The third kappa shape index (κ3) is 4.19. The summed E-state index contributed by atoms with van der Waals surface area (Å²) in [4.78, 5) is 0. The lowest BCUT2D eigenvalue weighted by Gasteiger charge is -2.13. The molecule has 0 saturated heterocycles. The van der Waals surface area contributed by atoms with Crippen LogP contribution < -0.4 is 15.8 Å². The summed E-state index contributed by atoms with van der Waals surface area (Å²) in [6, 6.07) is 11.2. The lowest BCUT2D eigenvalue weighted by molar-refractivity contribution is 0.342. The first-order valence-electron chi connectivity index (χ1n) is 6.81. The largest absolute Gasteiger partial charge is 0.492 e. The monoisotopic (exact) mass is 324 g/mol. The van der Waals surface area contributed by atoms with Crippen LogP contribution in [0.15, 0.2) is 36.4 Å². The summed E-state index contributed by atoms with van der Waals surface area (Å²) in [5, 5.41) is 4.63. The SMILES string of the molecule is CCOc1cccc(NCCc2ccc(Cl)cc2Cl)c1N. The van der Waals surface area contributed by atoms with Crippen LogP contribution in [0.5, 0.6) is 5.75 Å². The molecule has 0 saturated carbocycles. The van der Waals surface area contributed by atoms with Crippen LogP contribution in [0, 0.1) is 0 Å². The molecule has 2 aromatic rings. The number of halogens is 2. The molecule has 2 aromatic carbocycles.